The molecule has 0 radical (unpaired) electrons. The van der Waals surface area contributed by atoms with E-state index >= 15 is 0 Å². The zero-order valence-corrected chi connectivity index (χ0v) is 11.9. The van der Waals surface area contributed by atoms with Crippen LogP contribution in [0.25, 0.3) is 11.0 Å². The second kappa shape index (κ2) is 5.09. The Bertz CT molecular complexity index is 728. The second-order valence-corrected chi connectivity index (χ2v) is 5.02. The van der Waals surface area contributed by atoms with E-state index in [9.17, 15) is 0 Å². The molecule has 0 saturated carbocycles. The van der Waals surface area contributed by atoms with E-state index in [0.29, 0.717) is 6.54 Å². The molecule has 20 heavy (non-hydrogen) atoms. The highest BCUT2D eigenvalue weighted by Crippen LogP contribution is 2.29. The fourth-order valence-electron chi connectivity index (χ4n) is 2.41. The van der Waals surface area contributed by atoms with Gasteiger partial charge in [-0.3, -0.25) is 4.68 Å². The van der Waals surface area contributed by atoms with Gasteiger partial charge in [0.1, 0.15) is 17.7 Å². The van der Waals surface area contributed by atoms with Gasteiger partial charge in [0.2, 0.25) is 0 Å². The Balaban J connectivity index is 1.78. The van der Waals surface area contributed by atoms with Gasteiger partial charge in [0.05, 0.1) is 12.6 Å². The summed E-state index contributed by atoms with van der Waals surface area (Å²) in [7, 11) is 1.86. The zero-order chi connectivity index (χ0) is 14.1. The third-order valence-electron chi connectivity index (χ3n) is 3.49. The van der Waals surface area contributed by atoms with Crippen molar-refractivity contribution in [2.75, 3.05) is 0 Å². The maximum atomic E-state index is 5.95. The van der Waals surface area contributed by atoms with Crippen molar-refractivity contribution in [1.82, 2.24) is 20.1 Å². The SMILES string of the molecule is Cc1c(C(C)NCc2ncn(C)n2)oc2ccccc12. The molecule has 0 aliphatic carbocycles. The average molecular weight is 270 g/mol. The van der Waals surface area contributed by atoms with Gasteiger partial charge in [-0.25, -0.2) is 4.98 Å². The summed E-state index contributed by atoms with van der Waals surface area (Å²) in [4.78, 5) is 4.21. The molecule has 0 fully saturated rings. The maximum Gasteiger partial charge on any atom is 0.164 e. The lowest BCUT2D eigenvalue weighted by molar-refractivity contribution is 0.443. The summed E-state index contributed by atoms with van der Waals surface area (Å²) in [6.45, 7) is 4.81. The molecule has 0 aliphatic heterocycles. The molecule has 1 unspecified atom stereocenters. The third kappa shape index (κ3) is 2.32. The van der Waals surface area contributed by atoms with Gasteiger partial charge in [-0.05, 0) is 25.5 Å². The lowest BCUT2D eigenvalue weighted by atomic mass is 10.1. The number of hydrogen-bond donors (Lipinski definition) is 1. The first-order chi connectivity index (χ1) is 9.65. The van der Waals surface area contributed by atoms with E-state index < -0.39 is 0 Å². The normalized spacial score (nSPS) is 12.9. The lowest BCUT2D eigenvalue weighted by Gasteiger charge is -2.10. The van der Waals surface area contributed by atoms with Gasteiger partial charge in [0.15, 0.2) is 5.82 Å². The predicted molar refractivity (Wildman–Crippen MR) is 77.2 cm³/mol. The van der Waals surface area contributed by atoms with Crippen molar-refractivity contribution in [3.8, 4) is 0 Å². The predicted octanol–water partition coefficient (Wildman–Crippen LogP) is 2.72. The van der Waals surface area contributed by atoms with Crippen LogP contribution in [0.2, 0.25) is 0 Å². The summed E-state index contributed by atoms with van der Waals surface area (Å²) >= 11 is 0. The molecular weight excluding hydrogens is 252 g/mol. The highest BCUT2D eigenvalue weighted by molar-refractivity contribution is 5.82. The van der Waals surface area contributed by atoms with Crippen molar-refractivity contribution in [3.63, 3.8) is 0 Å². The largest absolute Gasteiger partial charge is 0.459 e. The first kappa shape index (κ1) is 12.9. The van der Waals surface area contributed by atoms with Crippen LogP contribution in [0.4, 0.5) is 0 Å². The molecule has 3 aromatic rings. The van der Waals surface area contributed by atoms with Crippen molar-refractivity contribution in [1.29, 1.82) is 0 Å². The van der Waals surface area contributed by atoms with Crippen molar-refractivity contribution < 1.29 is 4.42 Å². The number of nitrogens with zero attached hydrogens (tertiary/aromatic N) is 3. The number of hydrogen-bond acceptors (Lipinski definition) is 4. The van der Waals surface area contributed by atoms with Gasteiger partial charge in [0, 0.05) is 12.4 Å². The number of furan rings is 1. The molecular formula is C15H18N4O. The molecule has 0 aliphatic rings. The monoisotopic (exact) mass is 270 g/mol. The van der Waals surface area contributed by atoms with Crippen molar-refractivity contribution in [2.45, 2.75) is 26.4 Å². The Kier molecular flexibility index (Phi) is 3.28. The number of aryl methyl sites for hydroxylation is 2. The molecule has 0 spiro atoms. The Hall–Kier alpha value is -2.14. The van der Waals surface area contributed by atoms with Crippen LogP contribution in [0.3, 0.4) is 0 Å². The molecule has 0 bridgehead atoms. The van der Waals surface area contributed by atoms with Crippen LogP contribution in [0, 0.1) is 6.92 Å². The topological polar surface area (TPSA) is 55.9 Å². The number of rotatable bonds is 4. The Morgan fingerprint density at radius 3 is 2.85 bits per heavy atom. The van der Waals surface area contributed by atoms with Gasteiger partial charge in [0.25, 0.3) is 0 Å². The molecule has 3 rings (SSSR count). The van der Waals surface area contributed by atoms with Crippen molar-refractivity contribution in [2.24, 2.45) is 7.05 Å². The van der Waals surface area contributed by atoms with Gasteiger partial charge in [-0.15, -0.1) is 0 Å². The molecule has 5 nitrogen and oxygen atoms in total. The fourth-order valence-corrected chi connectivity index (χ4v) is 2.41. The Morgan fingerprint density at radius 2 is 2.15 bits per heavy atom. The number of nitrogens with one attached hydrogen (secondary N) is 1. The minimum Gasteiger partial charge on any atom is -0.459 e. The van der Waals surface area contributed by atoms with Gasteiger partial charge in [-0.2, -0.15) is 5.10 Å². The van der Waals surface area contributed by atoms with E-state index in [0.717, 1.165) is 17.2 Å². The zero-order valence-electron chi connectivity index (χ0n) is 11.9. The van der Waals surface area contributed by atoms with E-state index in [1.54, 1.807) is 11.0 Å². The van der Waals surface area contributed by atoms with Crippen LogP contribution < -0.4 is 5.32 Å². The van der Waals surface area contributed by atoms with E-state index in [4.69, 9.17) is 4.42 Å². The minimum atomic E-state index is 0.117. The molecule has 0 amide bonds. The molecule has 2 heterocycles. The summed E-state index contributed by atoms with van der Waals surface area (Å²) in [6, 6.07) is 8.23. The van der Waals surface area contributed by atoms with Crippen LogP contribution in [0.15, 0.2) is 35.0 Å². The van der Waals surface area contributed by atoms with Crippen molar-refractivity contribution in [3.05, 3.63) is 47.7 Å². The number of fused-ring (bicyclic) bond motifs is 1. The third-order valence-corrected chi connectivity index (χ3v) is 3.49. The molecule has 1 N–H and O–H groups in total. The summed E-state index contributed by atoms with van der Waals surface area (Å²) < 4.78 is 7.65. The highest BCUT2D eigenvalue weighted by Gasteiger charge is 2.16. The molecule has 1 aromatic carbocycles. The fraction of sp³-hybridized carbons (Fsp3) is 0.333. The standard InChI is InChI=1S/C15H18N4O/c1-10-12-6-4-5-7-13(12)20-15(10)11(2)16-8-14-17-9-19(3)18-14/h4-7,9,11,16H,8H2,1-3H3. The summed E-state index contributed by atoms with van der Waals surface area (Å²) in [6.07, 6.45) is 1.70. The van der Waals surface area contributed by atoms with Gasteiger partial charge in [-0.1, -0.05) is 18.2 Å². The summed E-state index contributed by atoms with van der Waals surface area (Å²) in [5.41, 5.74) is 2.12. The quantitative estimate of drug-likeness (QED) is 0.792. The Labute approximate surface area is 117 Å². The van der Waals surface area contributed by atoms with Crippen LogP contribution in [-0.2, 0) is 13.6 Å². The highest BCUT2D eigenvalue weighted by atomic mass is 16.3. The molecule has 5 heteroatoms. The smallest absolute Gasteiger partial charge is 0.164 e. The van der Waals surface area contributed by atoms with Gasteiger partial charge >= 0.3 is 0 Å². The van der Waals surface area contributed by atoms with Crippen LogP contribution in [0.1, 0.15) is 30.1 Å². The first-order valence-corrected chi connectivity index (χ1v) is 6.71. The average Bonchev–Trinajstić information content (AvgIpc) is 3.01. The summed E-state index contributed by atoms with van der Waals surface area (Å²) in [5, 5.41) is 8.83. The van der Waals surface area contributed by atoms with Crippen LogP contribution in [-0.4, -0.2) is 14.8 Å². The number of aromatic nitrogens is 3. The summed E-state index contributed by atoms with van der Waals surface area (Å²) in [5.74, 6) is 1.76. The van der Waals surface area contributed by atoms with Gasteiger partial charge < -0.3 is 9.73 Å². The van der Waals surface area contributed by atoms with E-state index in [1.165, 1.54) is 10.9 Å². The maximum absolute atomic E-state index is 5.95. The molecule has 104 valence electrons. The van der Waals surface area contributed by atoms with E-state index in [1.807, 2.05) is 25.2 Å². The van der Waals surface area contributed by atoms with Crippen molar-refractivity contribution >= 4 is 11.0 Å². The number of para-hydroxylation sites is 1. The van der Waals surface area contributed by atoms with Crippen LogP contribution in [0.5, 0.6) is 0 Å². The minimum absolute atomic E-state index is 0.117. The second-order valence-electron chi connectivity index (χ2n) is 5.02. The molecule has 2 aromatic heterocycles. The van der Waals surface area contributed by atoms with E-state index in [-0.39, 0.29) is 6.04 Å². The van der Waals surface area contributed by atoms with E-state index in [2.05, 4.69) is 35.3 Å². The number of benzene rings is 1. The van der Waals surface area contributed by atoms with Crippen LogP contribution >= 0.6 is 0 Å². The Morgan fingerprint density at radius 1 is 1.35 bits per heavy atom. The molecule has 0 saturated heterocycles. The molecule has 1 atom stereocenters. The first-order valence-electron chi connectivity index (χ1n) is 6.71. The lowest BCUT2D eigenvalue weighted by Crippen LogP contribution is -2.19.